The largest absolute Gasteiger partial charge is 0.481 e. The molecule has 1 saturated carbocycles. The van der Waals surface area contributed by atoms with E-state index < -0.39 is 11.4 Å². The van der Waals surface area contributed by atoms with Crippen molar-refractivity contribution >= 4 is 23.6 Å². The third kappa shape index (κ3) is 3.50. The molecule has 24 heavy (non-hydrogen) atoms. The monoisotopic (exact) mass is 331 g/mol. The number of carboxylic acids is 1. The van der Waals surface area contributed by atoms with E-state index in [4.69, 9.17) is 0 Å². The first kappa shape index (κ1) is 16.3. The van der Waals surface area contributed by atoms with Gasteiger partial charge in [0.05, 0.1) is 5.41 Å². The summed E-state index contributed by atoms with van der Waals surface area (Å²) in [5.41, 5.74) is 0.244. The van der Waals surface area contributed by atoms with Gasteiger partial charge in [0.15, 0.2) is 0 Å². The number of aliphatic carboxylic acids is 1. The average molecular weight is 331 g/mol. The number of carbonyl (C=O) groups is 3. The summed E-state index contributed by atoms with van der Waals surface area (Å²) in [7, 11) is 0. The van der Waals surface area contributed by atoms with Crippen molar-refractivity contribution in [2.45, 2.75) is 32.2 Å². The fourth-order valence-electron chi connectivity index (χ4n) is 2.71. The molecule has 1 aliphatic carbocycles. The standard InChI is InChI=1S/C17H21N3O4/c1-17(15(22)23)8-9-20(10-17)16(24)19-13-4-2-11(3-5-13)14(21)18-12-6-7-12/h2-5,12H,6-10H2,1H3,(H,18,21)(H,19,24)(H,22,23). The quantitative estimate of drug-likeness (QED) is 0.785. The molecule has 1 saturated heterocycles. The van der Waals surface area contributed by atoms with Crippen molar-refractivity contribution < 1.29 is 19.5 Å². The van der Waals surface area contributed by atoms with Crippen LogP contribution >= 0.6 is 0 Å². The minimum Gasteiger partial charge on any atom is -0.481 e. The predicted octanol–water partition coefficient (Wildman–Crippen LogP) is 1.91. The molecule has 0 bridgehead atoms. The lowest BCUT2D eigenvalue weighted by molar-refractivity contribution is -0.146. The van der Waals surface area contributed by atoms with Crippen LogP contribution in [0.2, 0.25) is 0 Å². The van der Waals surface area contributed by atoms with E-state index >= 15 is 0 Å². The van der Waals surface area contributed by atoms with Gasteiger partial charge in [-0.15, -0.1) is 0 Å². The zero-order valence-corrected chi connectivity index (χ0v) is 13.5. The Morgan fingerprint density at radius 2 is 1.88 bits per heavy atom. The summed E-state index contributed by atoms with van der Waals surface area (Å²) >= 11 is 0. The molecule has 1 atom stereocenters. The molecule has 7 heteroatoms. The van der Waals surface area contributed by atoms with Crippen LogP contribution < -0.4 is 10.6 Å². The van der Waals surface area contributed by atoms with Gasteiger partial charge in [-0.2, -0.15) is 0 Å². The molecule has 1 aliphatic heterocycles. The van der Waals surface area contributed by atoms with Gasteiger partial charge in [0.25, 0.3) is 5.91 Å². The van der Waals surface area contributed by atoms with Crippen molar-refractivity contribution in [2.75, 3.05) is 18.4 Å². The smallest absolute Gasteiger partial charge is 0.321 e. The molecule has 3 rings (SSSR count). The SMILES string of the molecule is CC1(C(=O)O)CCN(C(=O)Nc2ccc(C(=O)NC3CC3)cc2)C1. The summed E-state index contributed by atoms with van der Waals surface area (Å²) in [4.78, 5) is 36.9. The summed E-state index contributed by atoms with van der Waals surface area (Å²) in [6, 6.07) is 6.65. The number of nitrogens with zero attached hydrogens (tertiary/aromatic N) is 1. The first-order valence-corrected chi connectivity index (χ1v) is 8.08. The summed E-state index contributed by atoms with van der Waals surface area (Å²) in [6.07, 6.45) is 2.51. The molecule has 2 fully saturated rings. The molecule has 1 heterocycles. The molecule has 128 valence electrons. The van der Waals surface area contributed by atoms with Crippen LogP contribution in [0.1, 0.15) is 36.5 Å². The van der Waals surface area contributed by atoms with Crippen molar-refractivity contribution in [1.29, 1.82) is 0 Å². The average Bonchev–Trinajstić information content (AvgIpc) is 3.26. The highest BCUT2D eigenvalue weighted by Crippen LogP contribution is 2.30. The number of anilines is 1. The van der Waals surface area contributed by atoms with E-state index in [2.05, 4.69) is 10.6 Å². The Morgan fingerprint density at radius 3 is 2.42 bits per heavy atom. The molecule has 1 aromatic rings. The first-order chi connectivity index (χ1) is 11.4. The Kier molecular flexibility index (Phi) is 4.17. The predicted molar refractivity (Wildman–Crippen MR) is 87.9 cm³/mol. The van der Waals surface area contributed by atoms with Gasteiger partial charge in [-0.3, -0.25) is 9.59 Å². The summed E-state index contributed by atoms with van der Waals surface area (Å²) in [5, 5.41) is 14.9. The highest BCUT2D eigenvalue weighted by molar-refractivity contribution is 5.96. The molecular formula is C17H21N3O4. The van der Waals surface area contributed by atoms with Crippen molar-refractivity contribution in [3.63, 3.8) is 0 Å². The van der Waals surface area contributed by atoms with Crippen LogP contribution in [0.25, 0.3) is 0 Å². The van der Waals surface area contributed by atoms with Crippen molar-refractivity contribution in [2.24, 2.45) is 5.41 Å². The van der Waals surface area contributed by atoms with E-state index in [1.807, 2.05) is 0 Å². The number of nitrogens with one attached hydrogen (secondary N) is 2. The summed E-state index contributed by atoms with van der Waals surface area (Å²) in [5.74, 6) is -0.990. The number of hydrogen-bond donors (Lipinski definition) is 3. The van der Waals surface area contributed by atoms with Gasteiger partial charge in [0.2, 0.25) is 0 Å². The summed E-state index contributed by atoms with van der Waals surface area (Å²) in [6.45, 7) is 2.25. The molecule has 7 nitrogen and oxygen atoms in total. The van der Waals surface area contributed by atoms with Gasteiger partial charge in [-0.05, 0) is 50.5 Å². The van der Waals surface area contributed by atoms with Crippen molar-refractivity contribution in [3.8, 4) is 0 Å². The minimum absolute atomic E-state index is 0.104. The van der Waals surface area contributed by atoms with Gasteiger partial charge in [-0.1, -0.05) is 0 Å². The molecule has 3 N–H and O–H groups in total. The van der Waals surface area contributed by atoms with Gasteiger partial charge >= 0.3 is 12.0 Å². The molecule has 1 unspecified atom stereocenters. The fraction of sp³-hybridized carbons (Fsp3) is 0.471. The summed E-state index contributed by atoms with van der Waals surface area (Å²) < 4.78 is 0. The van der Waals surface area contributed by atoms with E-state index in [-0.39, 0.29) is 18.5 Å². The Morgan fingerprint density at radius 1 is 1.21 bits per heavy atom. The normalized spacial score (nSPS) is 23.0. The molecule has 3 amide bonds. The molecule has 2 aliphatic rings. The van der Waals surface area contributed by atoms with Gasteiger partial charge in [0, 0.05) is 30.4 Å². The van der Waals surface area contributed by atoms with Crippen molar-refractivity contribution in [1.82, 2.24) is 10.2 Å². The lowest BCUT2D eigenvalue weighted by Crippen LogP contribution is -2.37. The lowest BCUT2D eigenvalue weighted by Gasteiger charge is -2.20. The number of carboxylic acid groups (broad SMARTS) is 1. The van der Waals surface area contributed by atoms with Crippen LogP contribution in [0, 0.1) is 5.41 Å². The third-order valence-corrected chi connectivity index (χ3v) is 4.59. The van der Waals surface area contributed by atoms with Crippen LogP contribution in [-0.2, 0) is 4.79 Å². The minimum atomic E-state index is -0.887. The van der Waals surface area contributed by atoms with Crippen LogP contribution in [0.5, 0.6) is 0 Å². The van der Waals surface area contributed by atoms with Gasteiger partial charge in [-0.25, -0.2) is 4.79 Å². The van der Waals surface area contributed by atoms with E-state index in [1.165, 1.54) is 4.90 Å². The van der Waals surface area contributed by atoms with E-state index in [9.17, 15) is 19.5 Å². The first-order valence-electron chi connectivity index (χ1n) is 8.08. The number of likely N-dealkylation sites (tertiary alicyclic amines) is 1. The molecule has 0 radical (unpaired) electrons. The number of carbonyl (C=O) groups excluding carboxylic acids is 2. The fourth-order valence-corrected chi connectivity index (χ4v) is 2.71. The molecular weight excluding hydrogens is 310 g/mol. The maximum Gasteiger partial charge on any atom is 0.321 e. The van der Waals surface area contributed by atoms with E-state index in [1.54, 1.807) is 31.2 Å². The van der Waals surface area contributed by atoms with Crippen LogP contribution in [0.15, 0.2) is 24.3 Å². The van der Waals surface area contributed by atoms with Crippen molar-refractivity contribution in [3.05, 3.63) is 29.8 Å². The van der Waals surface area contributed by atoms with Crippen LogP contribution in [0.3, 0.4) is 0 Å². The zero-order valence-electron chi connectivity index (χ0n) is 13.5. The van der Waals surface area contributed by atoms with Crippen LogP contribution in [0.4, 0.5) is 10.5 Å². The Bertz CT molecular complexity index is 669. The Balaban J connectivity index is 1.57. The topological polar surface area (TPSA) is 98.7 Å². The zero-order chi connectivity index (χ0) is 17.3. The van der Waals surface area contributed by atoms with Gasteiger partial charge < -0.3 is 20.6 Å². The maximum atomic E-state index is 12.2. The number of benzene rings is 1. The van der Waals surface area contributed by atoms with E-state index in [0.717, 1.165) is 12.8 Å². The number of urea groups is 1. The molecule has 1 aromatic carbocycles. The number of hydrogen-bond acceptors (Lipinski definition) is 3. The highest BCUT2D eigenvalue weighted by Gasteiger charge is 2.42. The molecule has 0 spiro atoms. The van der Waals surface area contributed by atoms with Gasteiger partial charge in [0.1, 0.15) is 0 Å². The number of rotatable bonds is 4. The third-order valence-electron chi connectivity index (χ3n) is 4.59. The lowest BCUT2D eigenvalue weighted by atomic mass is 9.90. The Hall–Kier alpha value is -2.57. The maximum absolute atomic E-state index is 12.2. The highest BCUT2D eigenvalue weighted by atomic mass is 16.4. The second kappa shape index (κ2) is 6.14. The number of amides is 3. The second-order valence-corrected chi connectivity index (χ2v) is 6.79. The van der Waals surface area contributed by atoms with E-state index in [0.29, 0.717) is 30.3 Å². The second-order valence-electron chi connectivity index (χ2n) is 6.79. The molecule has 0 aromatic heterocycles. The Labute approximate surface area is 140 Å². The van der Waals surface area contributed by atoms with Crippen LogP contribution in [-0.4, -0.2) is 47.0 Å².